The highest BCUT2D eigenvalue weighted by atomic mass is 16.3. The maximum absolute atomic E-state index is 11.2. The standard InChI is InChI=1S/C22H30O3/c1-13(2)17-8-7-14(3)11-18(17)21-19(24)12-16-6-4-5-15(9-10-23)20(16)22(21)25/h11-12,15,17-18,23-25H,1,4-10H2,2-3H3/t15-,17-,18+/m0/s1. The van der Waals surface area contributed by atoms with Crippen LogP contribution < -0.4 is 0 Å². The first kappa shape index (κ1) is 18.1. The highest BCUT2D eigenvalue weighted by Crippen LogP contribution is 2.51. The molecule has 0 spiro atoms. The second-order valence-electron chi connectivity index (χ2n) is 7.86. The minimum absolute atomic E-state index is 0.0340. The zero-order chi connectivity index (χ0) is 18.1. The van der Waals surface area contributed by atoms with Crippen LogP contribution in [-0.2, 0) is 6.42 Å². The number of aryl methyl sites for hydroxylation is 1. The summed E-state index contributed by atoms with van der Waals surface area (Å²) in [6, 6.07) is 1.85. The molecule has 2 aliphatic carbocycles. The summed E-state index contributed by atoms with van der Waals surface area (Å²) in [6.07, 6.45) is 7.78. The summed E-state index contributed by atoms with van der Waals surface area (Å²) in [5.41, 5.74) is 5.02. The van der Waals surface area contributed by atoms with Crippen LogP contribution in [0.5, 0.6) is 11.5 Å². The number of fused-ring (bicyclic) bond motifs is 1. The number of phenols is 2. The Labute approximate surface area is 150 Å². The molecule has 3 heteroatoms. The van der Waals surface area contributed by atoms with Gasteiger partial charge in [0.15, 0.2) is 0 Å². The molecule has 0 unspecified atom stereocenters. The first-order valence-corrected chi connectivity index (χ1v) is 9.45. The van der Waals surface area contributed by atoms with Crippen molar-refractivity contribution in [2.75, 3.05) is 6.61 Å². The van der Waals surface area contributed by atoms with E-state index in [1.54, 1.807) is 0 Å². The number of benzene rings is 1. The summed E-state index contributed by atoms with van der Waals surface area (Å²) in [4.78, 5) is 0. The molecule has 3 nitrogen and oxygen atoms in total. The first-order valence-electron chi connectivity index (χ1n) is 9.45. The van der Waals surface area contributed by atoms with Crippen molar-refractivity contribution < 1.29 is 15.3 Å². The van der Waals surface area contributed by atoms with Crippen molar-refractivity contribution in [1.82, 2.24) is 0 Å². The summed E-state index contributed by atoms with van der Waals surface area (Å²) < 4.78 is 0. The summed E-state index contributed by atoms with van der Waals surface area (Å²) in [6.45, 7) is 8.42. The van der Waals surface area contributed by atoms with Crippen LogP contribution in [0, 0.1) is 5.92 Å². The van der Waals surface area contributed by atoms with Gasteiger partial charge < -0.3 is 15.3 Å². The Bertz CT molecular complexity index is 702. The minimum Gasteiger partial charge on any atom is -0.507 e. The number of rotatable bonds is 4. The Kier molecular flexibility index (Phi) is 5.24. The van der Waals surface area contributed by atoms with Crippen molar-refractivity contribution in [3.05, 3.63) is 46.6 Å². The Hall–Kier alpha value is -1.74. The second kappa shape index (κ2) is 7.25. The summed E-state index contributed by atoms with van der Waals surface area (Å²) in [5.74, 6) is 0.815. The molecular weight excluding hydrogens is 312 g/mol. The van der Waals surface area contributed by atoms with Crippen LogP contribution in [0.3, 0.4) is 0 Å². The van der Waals surface area contributed by atoms with Gasteiger partial charge in [-0.1, -0.05) is 23.8 Å². The van der Waals surface area contributed by atoms with Crippen molar-refractivity contribution in [3.8, 4) is 11.5 Å². The topological polar surface area (TPSA) is 60.7 Å². The molecule has 0 aromatic heterocycles. The van der Waals surface area contributed by atoms with Gasteiger partial charge in [-0.3, -0.25) is 0 Å². The monoisotopic (exact) mass is 342 g/mol. The molecule has 0 fully saturated rings. The molecule has 0 amide bonds. The molecule has 1 aromatic rings. The number of hydrogen-bond donors (Lipinski definition) is 3. The number of aliphatic hydroxyl groups excluding tert-OH is 1. The summed E-state index contributed by atoms with van der Waals surface area (Å²) in [7, 11) is 0. The minimum atomic E-state index is -0.0340. The van der Waals surface area contributed by atoms with Gasteiger partial charge in [0.05, 0.1) is 0 Å². The molecule has 0 radical (unpaired) electrons. The average Bonchev–Trinajstić information content (AvgIpc) is 2.54. The second-order valence-corrected chi connectivity index (χ2v) is 7.86. The molecule has 0 aliphatic heterocycles. The zero-order valence-corrected chi connectivity index (χ0v) is 15.4. The Morgan fingerprint density at radius 1 is 1.20 bits per heavy atom. The summed E-state index contributed by atoms with van der Waals surface area (Å²) >= 11 is 0. The smallest absolute Gasteiger partial charge is 0.126 e. The maximum atomic E-state index is 11.2. The number of aliphatic hydroxyl groups is 1. The van der Waals surface area contributed by atoms with Crippen LogP contribution >= 0.6 is 0 Å². The fraction of sp³-hybridized carbons (Fsp3) is 0.545. The van der Waals surface area contributed by atoms with Gasteiger partial charge in [0.1, 0.15) is 11.5 Å². The predicted molar refractivity (Wildman–Crippen MR) is 101 cm³/mol. The molecule has 0 saturated carbocycles. The largest absolute Gasteiger partial charge is 0.507 e. The molecule has 1 aromatic carbocycles. The molecule has 2 aliphatic rings. The van der Waals surface area contributed by atoms with Gasteiger partial charge in [0.25, 0.3) is 0 Å². The van der Waals surface area contributed by atoms with E-state index in [0.29, 0.717) is 12.0 Å². The summed E-state index contributed by atoms with van der Waals surface area (Å²) in [5, 5.41) is 31.3. The van der Waals surface area contributed by atoms with Gasteiger partial charge in [-0.2, -0.15) is 0 Å². The third-order valence-electron chi connectivity index (χ3n) is 6.04. The van der Waals surface area contributed by atoms with Gasteiger partial charge in [0.2, 0.25) is 0 Å². The van der Waals surface area contributed by atoms with Crippen LogP contribution in [0.1, 0.15) is 74.5 Å². The number of hydrogen-bond acceptors (Lipinski definition) is 3. The van der Waals surface area contributed by atoms with Gasteiger partial charge in [-0.05, 0) is 75.8 Å². The lowest BCUT2D eigenvalue weighted by atomic mass is 9.71. The lowest BCUT2D eigenvalue weighted by Crippen LogP contribution is -2.19. The van der Waals surface area contributed by atoms with E-state index in [9.17, 15) is 15.3 Å². The van der Waals surface area contributed by atoms with Crippen LogP contribution in [0.15, 0.2) is 29.9 Å². The van der Waals surface area contributed by atoms with E-state index in [-0.39, 0.29) is 35.9 Å². The first-order chi connectivity index (χ1) is 11.9. The van der Waals surface area contributed by atoms with Crippen LogP contribution in [0.4, 0.5) is 0 Å². The molecule has 0 saturated heterocycles. The van der Waals surface area contributed by atoms with E-state index >= 15 is 0 Å². The predicted octanol–water partition coefficient (Wildman–Crippen LogP) is 4.92. The molecular formula is C22H30O3. The molecule has 0 bridgehead atoms. The lowest BCUT2D eigenvalue weighted by molar-refractivity contribution is 0.267. The Morgan fingerprint density at radius 3 is 2.64 bits per heavy atom. The third-order valence-corrected chi connectivity index (χ3v) is 6.04. The average molecular weight is 342 g/mol. The van der Waals surface area contributed by atoms with Crippen molar-refractivity contribution >= 4 is 0 Å². The lowest BCUT2D eigenvalue weighted by Gasteiger charge is -2.34. The van der Waals surface area contributed by atoms with Crippen LogP contribution in [-0.4, -0.2) is 21.9 Å². The Morgan fingerprint density at radius 2 is 1.96 bits per heavy atom. The van der Waals surface area contributed by atoms with Gasteiger partial charge >= 0.3 is 0 Å². The molecule has 136 valence electrons. The SMILES string of the molecule is C=C(C)[C@@H]1CCC(C)=C[C@H]1c1c(O)cc2c(c1O)[C@H](CCO)CCC2. The zero-order valence-electron chi connectivity index (χ0n) is 15.4. The van der Waals surface area contributed by atoms with Crippen molar-refractivity contribution in [3.63, 3.8) is 0 Å². The van der Waals surface area contributed by atoms with E-state index in [1.807, 2.05) is 13.0 Å². The third kappa shape index (κ3) is 3.35. The molecule has 3 atom stereocenters. The van der Waals surface area contributed by atoms with Crippen molar-refractivity contribution in [2.24, 2.45) is 5.92 Å². The quantitative estimate of drug-likeness (QED) is 0.681. The fourth-order valence-corrected chi connectivity index (χ4v) is 4.76. The van der Waals surface area contributed by atoms with Gasteiger partial charge in [0, 0.05) is 23.7 Å². The highest BCUT2D eigenvalue weighted by molar-refractivity contribution is 5.58. The number of phenolic OH excluding ortho intramolecular Hbond substituents is 2. The molecule has 25 heavy (non-hydrogen) atoms. The van der Waals surface area contributed by atoms with Gasteiger partial charge in [-0.15, -0.1) is 0 Å². The number of aromatic hydroxyl groups is 2. The fourth-order valence-electron chi connectivity index (χ4n) is 4.76. The maximum Gasteiger partial charge on any atom is 0.126 e. The van der Waals surface area contributed by atoms with Crippen molar-refractivity contribution in [1.29, 1.82) is 0 Å². The van der Waals surface area contributed by atoms with Gasteiger partial charge in [-0.25, -0.2) is 0 Å². The van der Waals surface area contributed by atoms with Crippen molar-refractivity contribution in [2.45, 2.75) is 64.2 Å². The van der Waals surface area contributed by atoms with E-state index in [0.717, 1.165) is 48.8 Å². The van der Waals surface area contributed by atoms with E-state index < -0.39 is 0 Å². The molecule has 3 N–H and O–H groups in total. The Balaban J connectivity index is 2.14. The number of allylic oxidation sites excluding steroid dienone is 3. The van der Waals surface area contributed by atoms with Crippen LogP contribution in [0.25, 0.3) is 0 Å². The molecule has 0 heterocycles. The van der Waals surface area contributed by atoms with Crippen LogP contribution in [0.2, 0.25) is 0 Å². The van der Waals surface area contributed by atoms with E-state index in [2.05, 4.69) is 19.6 Å². The molecule has 3 rings (SSSR count). The van der Waals surface area contributed by atoms with E-state index in [1.165, 1.54) is 5.57 Å². The normalized spacial score (nSPS) is 26.0. The highest BCUT2D eigenvalue weighted by Gasteiger charge is 2.34. The van der Waals surface area contributed by atoms with E-state index in [4.69, 9.17) is 0 Å².